The molecule has 2 aromatic heterocycles. The number of ether oxygens (including phenoxy) is 1. The number of fused-ring (bicyclic) bond motifs is 1. The molecule has 2 aliphatic rings. The molecule has 1 atom stereocenters. The molecule has 11 heteroatoms. The van der Waals surface area contributed by atoms with Crippen molar-refractivity contribution in [2.75, 3.05) is 27.2 Å². The lowest BCUT2D eigenvalue weighted by Gasteiger charge is -2.47. The molecule has 1 saturated heterocycles. The minimum absolute atomic E-state index is 0.0209. The predicted octanol–water partition coefficient (Wildman–Crippen LogP) is 2.38. The molecule has 3 heterocycles. The number of para-hydroxylation sites is 1. The Bertz CT molecular complexity index is 1280. The maximum absolute atomic E-state index is 13.4. The Hall–Kier alpha value is -3.57. The van der Waals surface area contributed by atoms with Gasteiger partial charge in [0, 0.05) is 43.5 Å². The molecule has 1 aliphatic heterocycles. The first kappa shape index (κ1) is 22.2. The van der Waals surface area contributed by atoms with Crippen LogP contribution in [0.1, 0.15) is 12.2 Å². The molecule has 0 saturated carbocycles. The lowest BCUT2D eigenvalue weighted by molar-refractivity contribution is -0.108. The molecule has 0 spiro atoms. The molecule has 1 unspecified atom stereocenters. The van der Waals surface area contributed by atoms with Gasteiger partial charge in [-0.3, -0.25) is 0 Å². The molecular weight excluding hydrogens is 444 g/mol. The highest BCUT2D eigenvalue weighted by Crippen LogP contribution is 2.40. The molecule has 34 heavy (non-hydrogen) atoms. The van der Waals surface area contributed by atoms with Gasteiger partial charge in [-0.2, -0.15) is 8.78 Å². The minimum Gasteiger partial charge on any atom is -0.437 e. The molecular formula is C23H25F2N7O2. The molecule has 0 amide bonds. The van der Waals surface area contributed by atoms with Crippen LogP contribution in [-0.2, 0) is 10.3 Å². The summed E-state index contributed by atoms with van der Waals surface area (Å²) in [4.78, 5) is 13.0. The van der Waals surface area contributed by atoms with Crippen LogP contribution in [0.25, 0.3) is 22.4 Å². The van der Waals surface area contributed by atoms with Crippen LogP contribution >= 0.6 is 0 Å². The molecule has 1 aromatic carbocycles. The van der Waals surface area contributed by atoms with Crippen LogP contribution in [0.15, 0.2) is 64.3 Å². The number of alkyl halides is 2. The first-order valence-electron chi connectivity index (χ1n) is 10.8. The Morgan fingerprint density at radius 1 is 1.24 bits per heavy atom. The van der Waals surface area contributed by atoms with E-state index >= 15 is 0 Å². The van der Waals surface area contributed by atoms with E-state index < -0.39 is 12.2 Å². The van der Waals surface area contributed by atoms with Crippen LogP contribution in [0.2, 0.25) is 0 Å². The first-order valence-corrected chi connectivity index (χ1v) is 10.8. The average Bonchev–Trinajstić information content (AvgIpc) is 3.19. The second-order valence-electron chi connectivity index (χ2n) is 8.76. The van der Waals surface area contributed by atoms with E-state index in [1.807, 2.05) is 37.2 Å². The topological polar surface area (TPSA) is 120 Å². The Morgan fingerprint density at radius 2 is 2.00 bits per heavy atom. The van der Waals surface area contributed by atoms with E-state index in [1.54, 1.807) is 12.1 Å². The Morgan fingerprint density at radius 3 is 2.74 bits per heavy atom. The van der Waals surface area contributed by atoms with Gasteiger partial charge in [0.25, 0.3) is 0 Å². The van der Waals surface area contributed by atoms with E-state index in [0.29, 0.717) is 34.4 Å². The maximum Gasteiger partial charge on any atom is 0.387 e. The molecule has 1 aliphatic carbocycles. The standard InChI is InChI=1S/C23H25F2N7O2/c1-31(2)13-11-32(12-13)17-9-19(33-22(24)25)23(27,10-15(17)26)21-28-8-7-16(29-21)20-14-5-3-4-6-18(14)34-30-20/h3-9,13,22H,10-12,26-27H2,1-2H3. The van der Waals surface area contributed by atoms with Crippen molar-refractivity contribution in [2.24, 2.45) is 11.5 Å². The van der Waals surface area contributed by atoms with Gasteiger partial charge in [-0.1, -0.05) is 17.3 Å². The molecule has 9 nitrogen and oxygen atoms in total. The van der Waals surface area contributed by atoms with Gasteiger partial charge in [-0.05, 0) is 32.3 Å². The number of allylic oxidation sites excluding steroid dienone is 1. The molecule has 0 bridgehead atoms. The highest BCUT2D eigenvalue weighted by molar-refractivity contribution is 5.90. The van der Waals surface area contributed by atoms with Crippen LogP contribution in [0.5, 0.6) is 0 Å². The van der Waals surface area contributed by atoms with Gasteiger partial charge in [0.15, 0.2) is 11.4 Å². The van der Waals surface area contributed by atoms with Crippen LogP contribution in [-0.4, -0.2) is 64.8 Å². The zero-order chi connectivity index (χ0) is 24.0. The summed E-state index contributed by atoms with van der Waals surface area (Å²) in [6, 6.07) is 9.36. The van der Waals surface area contributed by atoms with Crippen LogP contribution in [0.3, 0.4) is 0 Å². The van der Waals surface area contributed by atoms with Crippen LogP contribution < -0.4 is 11.5 Å². The van der Waals surface area contributed by atoms with Crippen molar-refractivity contribution in [3.63, 3.8) is 0 Å². The molecule has 1 fully saturated rings. The van der Waals surface area contributed by atoms with E-state index in [2.05, 4.69) is 20.0 Å². The molecule has 3 aromatic rings. The Balaban J connectivity index is 1.51. The Labute approximate surface area is 194 Å². The zero-order valence-electron chi connectivity index (χ0n) is 18.8. The second-order valence-corrected chi connectivity index (χ2v) is 8.76. The monoisotopic (exact) mass is 469 g/mol. The van der Waals surface area contributed by atoms with Gasteiger partial charge in [0.1, 0.15) is 17.0 Å². The van der Waals surface area contributed by atoms with Gasteiger partial charge in [-0.25, -0.2) is 9.97 Å². The van der Waals surface area contributed by atoms with Gasteiger partial charge in [0.2, 0.25) is 0 Å². The molecule has 4 N–H and O–H groups in total. The third-order valence-electron chi connectivity index (χ3n) is 6.33. The summed E-state index contributed by atoms with van der Waals surface area (Å²) in [6.45, 7) is -1.61. The molecule has 5 rings (SSSR count). The molecule has 178 valence electrons. The summed E-state index contributed by atoms with van der Waals surface area (Å²) in [6.07, 6.45) is 3.01. The summed E-state index contributed by atoms with van der Waals surface area (Å²) in [5, 5.41) is 4.88. The summed E-state index contributed by atoms with van der Waals surface area (Å²) >= 11 is 0. The van der Waals surface area contributed by atoms with Crippen LogP contribution in [0, 0.1) is 0 Å². The van der Waals surface area contributed by atoms with E-state index in [-0.39, 0.29) is 18.0 Å². The number of hydrogen-bond donors (Lipinski definition) is 2. The third-order valence-corrected chi connectivity index (χ3v) is 6.33. The zero-order valence-corrected chi connectivity index (χ0v) is 18.8. The quantitative estimate of drug-likeness (QED) is 0.561. The van der Waals surface area contributed by atoms with Crippen molar-refractivity contribution < 1.29 is 18.0 Å². The Kier molecular flexibility index (Phi) is 5.45. The summed E-state index contributed by atoms with van der Waals surface area (Å²) < 4.78 is 37.1. The van der Waals surface area contributed by atoms with E-state index in [0.717, 1.165) is 18.5 Å². The smallest absolute Gasteiger partial charge is 0.387 e. The largest absolute Gasteiger partial charge is 0.437 e. The number of hydrogen-bond acceptors (Lipinski definition) is 9. The highest BCUT2D eigenvalue weighted by Gasteiger charge is 2.44. The van der Waals surface area contributed by atoms with Crippen molar-refractivity contribution in [1.82, 2.24) is 24.9 Å². The summed E-state index contributed by atoms with van der Waals surface area (Å²) in [7, 11) is 3.99. The lowest BCUT2D eigenvalue weighted by atomic mass is 9.85. The van der Waals surface area contributed by atoms with Crippen molar-refractivity contribution in [2.45, 2.75) is 24.6 Å². The number of nitrogens with zero attached hydrogens (tertiary/aromatic N) is 5. The van der Waals surface area contributed by atoms with Crippen molar-refractivity contribution in [3.05, 3.63) is 65.6 Å². The van der Waals surface area contributed by atoms with Gasteiger partial charge in [-0.15, -0.1) is 0 Å². The van der Waals surface area contributed by atoms with Crippen LogP contribution in [0.4, 0.5) is 8.78 Å². The third kappa shape index (κ3) is 3.76. The van der Waals surface area contributed by atoms with E-state index in [1.165, 1.54) is 12.3 Å². The number of halogens is 2. The van der Waals surface area contributed by atoms with Crippen molar-refractivity contribution >= 4 is 11.0 Å². The number of aromatic nitrogens is 3. The SMILES string of the molecule is CN(C)C1CN(C2=C(N)CC(N)(c3nccc(-c4noc5ccccc45)n3)C(OC(F)F)=C2)C1. The average molecular weight is 469 g/mol. The van der Waals surface area contributed by atoms with Crippen molar-refractivity contribution in [1.29, 1.82) is 0 Å². The maximum atomic E-state index is 13.4. The van der Waals surface area contributed by atoms with Gasteiger partial charge >= 0.3 is 6.61 Å². The lowest BCUT2D eigenvalue weighted by Crippen LogP contribution is -2.57. The summed E-state index contributed by atoms with van der Waals surface area (Å²) in [5.74, 6) is -0.0390. The molecule has 0 radical (unpaired) electrons. The van der Waals surface area contributed by atoms with E-state index in [9.17, 15) is 8.78 Å². The second kappa shape index (κ2) is 8.33. The fourth-order valence-corrected chi connectivity index (χ4v) is 4.30. The van der Waals surface area contributed by atoms with E-state index in [4.69, 9.17) is 20.7 Å². The first-order chi connectivity index (χ1) is 16.3. The number of rotatable bonds is 6. The highest BCUT2D eigenvalue weighted by atomic mass is 19.3. The number of nitrogens with two attached hydrogens (primary N) is 2. The fraction of sp³-hybridized carbons (Fsp3) is 0.348. The van der Waals surface area contributed by atoms with Gasteiger partial charge < -0.3 is 30.5 Å². The van der Waals surface area contributed by atoms with Gasteiger partial charge in [0.05, 0.1) is 16.8 Å². The normalized spacial score (nSPS) is 21.4. The number of likely N-dealkylation sites (N-methyl/N-ethyl adjacent to an activating group) is 1. The van der Waals surface area contributed by atoms with Crippen molar-refractivity contribution in [3.8, 4) is 11.4 Å². The number of likely N-dealkylation sites (tertiary alicyclic amines) is 1. The predicted molar refractivity (Wildman–Crippen MR) is 121 cm³/mol. The number of benzene rings is 1. The minimum atomic E-state index is -3.07. The fourth-order valence-electron chi connectivity index (χ4n) is 4.30. The summed E-state index contributed by atoms with van der Waals surface area (Å²) in [5.41, 5.74) is 14.1.